The van der Waals surface area contributed by atoms with Gasteiger partial charge in [-0.3, -0.25) is 0 Å². The summed E-state index contributed by atoms with van der Waals surface area (Å²) in [6, 6.07) is 104. The zero-order valence-corrected chi connectivity index (χ0v) is 45.1. The van der Waals surface area contributed by atoms with Crippen molar-refractivity contribution in [2.75, 3.05) is 0 Å². The Kier molecular flexibility index (Phi) is 10.4. The van der Waals surface area contributed by atoms with Crippen molar-refractivity contribution in [2.24, 2.45) is 0 Å². The summed E-state index contributed by atoms with van der Waals surface area (Å²) < 4.78 is 9.99. The molecule has 82 heavy (non-hydrogen) atoms. The number of para-hydroxylation sites is 5. The first-order valence-electron chi connectivity index (χ1n) is 27.9. The summed E-state index contributed by atoms with van der Waals surface area (Å²) in [6.45, 7) is 0. The number of rotatable bonds is 8. The molecule has 12 aromatic carbocycles. The van der Waals surface area contributed by atoms with E-state index in [9.17, 15) is 0 Å². The standard InChI is InChI=1S/C76H47N5S/c1-3-21-48(22-4-1)64-47-65(78-76(77-64)49-23-5-2-6-24-49)52-45-62(50-25-19-27-53(43-50)79-66-35-13-7-29-55(66)56-30-8-14-36-67(56)79)74(81-70-39-17-11-34-61(70)73-71(81)42-41-60-59-33-12-18-40-72(59)82-75(60)73)63(46-52)51-26-20-28-54(44-51)80-68-37-15-9-31-57(68)58-32-10-16-38-69(58)80/h1-47H. The molecule has 5 nitrogen and oxygen atoms in total. The average Bonchev–Trinajstić information content (AvgIpc) is 4.34. The Morgan fingerprint density at radius 3 is 1.23 bits per heavy atom. The third-order valence-corrected chi connectivity index (χ3v) is 17.8. The molecule has 0 aliphatic rings. The van der Waals surface area contributed by atoms with Crippen LogP contribution in [0.3, 0.4) is 0 Å². The van der Waals surface area contributed by atoms with Gasteiger partial charge in [-0.2, -0.15) is 0 Å². The molecule has 0 radical (unpaired) electrons. The van der Waals surface area contributed by atoms with E-state index in [2.05, 4.69) is 293 Å². The number of benzene rings is 12. The molecular formula is C76H47N5S. The van der Waals surface area contributed by atoms with Gasteiger partial charge in [0.1, 0.15) is 0 Å². The summed E-state index contributed by atoms with van der Waals surface area (Å²) in [7, 11) is 0. The van der Waals surface area contributed by atoms with Gasteiger partial charge in [0.2, 0.25) is 0 Å². The van der Waals surface area contributed by atoms with Gasteiger partial charge in [-0.15, -0.1) is 11.3 Å². The van der Waals surface area contributed by atoms with Crippen molar-refractivity contribution in [3.8, 4) is 73.2 Å². The highest BCUT2D eigenvalue weighted by atomic mass is 32.1. The van der Waals surface area contributed by atoms with Gasteiger partial charge in [-0.05, 0) is 96.1 Å². The van der Waals surface area contributed by atoms with Gasteiger partial charge >= 0.3 is 0 Å². The fraction of sp³-hybridized carbons (Fsp3) is 0. The molecule has 0 fully saturated rings. The van der Waals surface area contributed by atoms with Crippen LogP contribution in [0.5, 0.6) is 0 Å². The van der Waals surface area contributed by atoms with Crippen molar-refractivity contribution < 1.29 is 0 Å². The molecule has 17 aromatic rings. The molecule has 0 saturated heterocycles. The first-order chi connectivity index (χ1) is 40.7. The summed E-state index contributed by atoms with van der Waals surface area (Å²) in [5.74, 6) is 0.667. The van der Waals surface area contributed by atoms with Gasteiger partial charge in [-0.25, -0.2) is 9.97 Å². The number of thiophene rings is 1. The maximum absolute atomic E-state index is 5.54. The molecule has 17 rings (SSSR count). The fourth-order valence-electron chi connectivity index (χ4n) is 13.0. The van der Waals surface area contributed by atoms with Crippen LogP contribution in [0.4, 0.5) is 0 Å². The summed E-state index contributed by atoms with van der Waals surface area (Å²) in [5.41, 5.74) is 19.1. The van der Waals surface area contributed by atoms with E-state index in [1.54, 1.807) is 0 Å². The second-order valence-electron chi connectivity index (χ2n) is 21.2. The summed E-state index contributed by atoms with van der Waals surface area (Å²) in [6.07, 6.45) is 0. The number of hydrogen-bond acceptors (Lipinski definition) is 3. The van der Waals surface area contributed by atoms with Crippen molar-refractivity contribution in [2.45, 2.75) is 0 Å². The monoisotopic (exact) mass is 1060 g/mol. The number of fused-ring (bicyclic) bond motifs is 13. The number of nitrogens with zero attached hydrogens (tertiary/aromatic N) is 5. The molecule has 382 valence electrons. The quantitative estimate of drug-likeness (QED) is 0.152. The largest absolute Gasteiger partial charge is 0.309 e. The third-order valence-electron chi connectivity index (χ3n) is 16.6. The van der Waals surface area contributed by atoms with Crippen molar-refractivity contribution in [1.29, 1.82) is 0 Å². The van der Waals surface area contributed by atoms with Gasteiger partial charge in [0, 0.05) is 91.7 Å². The Morgan fingerprint density at radius 2 is 0.695 bits per heavy atom. The number of hydrogen-bond donors (Lipinski definition) is 0. The smallest absolute Gasteiger partial charge is 0.160 e. The summed E-state index contributed by atoms with van der Waals surface area (Å²) in [4.78, 5) is 10.8. The van der Waals surface area contributed by atoms with E-state index in [1.165, 1.54) is 52.5 Å². The molecule has 0 unspecified atom stereocenters. The minimum atomic E-state index is 0.667. The maximum Gasteiger partial charge on any atom is 0.160 e. The van der Waals surface area contributed by atoms with Gasteiger partial charge in [0.15, 0.2) is 5.82 Å². The molecule has 0 atom stereocenters. The van der Waals surface area contributed by atoms with Crippen LogP contribution in [-0.4, -0.2) is 23.7 Å². The van der Waals surface area contributed by atoms with E-state index in [1.807, 2.05) is 17.4 Å². The molecule has 0 bridgehead atoms. The van der Waals surface area contributed by atoms with Crippen LogP contribution >= 0.6 is 11.3 Å². The average molecular weight is 1060 g/mol. The predicted molar refractivity (Wildman–Crippen MR) is 345 cm³/mol. The van der Waals surface area contributed by atoms with Crippen molar-refractivity contribution in [3.05, 3.63) is 285 Å². The molecular weight excluding hydrogens is 1010 g/mol. The van der Waals surface area contributed by atoms with Crippen molar-refractivity contribution in [3.63, 3.8) is 0 Å². The Labute approximate surface area is 476 Å². The number of aromatic nitrogens is 5. The normalized spacial score (nSPS) is 11.9. The van der Waals surface area contributed by atoms with Gasteiger partial charge < -0.3 is 13.7 Å². The fourth-order valence-corrected chi connectivity index (χ4v) is 14.3. The summed E-state index contributed by atoms with van der Waals surface area (Å²) >= 11 is 1.89. The topological polar surface area (TPSA) is 40.6 Å². The molecule has 0 N–H and O–H groups in total. The Balaban J connectivity index is 1.02. The van der Waals surface area contributed by atoms with E-state index in [0.717, 1.165) is 100 Å². The zero-order chi connectivity index (χ0) is 53.8. The molecule has 0 amide bonds. The lowest BCUT2D eigenvalue weighted by Gasteiger charge is -2.22. The minimum absolute atomic E-state index is 0.667. The first-order valence-corrected chi connectivity index (χ1v) is 28.7. The molecule has 0 aliphatic heterocycles. The van der Waals surface area contributed by atoms with E-state index in [-0.39, 0.29) is 0 Å². The SMILES string of the molecule is c1ccc(-c2cc(-c3cc(-c4cccc(-n5c6ccccc6c6ccccc65)c4)c(-n4c5ccccc5c5c6sc7ccccc7c6ccc54)c(-c4cccc(-n5c6ccccc6c6ccccc65)c4)c3)nc(-c3ccccc3)n2)cc1. The predicted octanol–water partition coefficient (Wildman–Crippen LogP) is 20.5. The zero-order valence-electron chi connectivity index (χ0n) is 44.3. The Hall–Kier alpha value is -10.7. The van der Waals surface area contributed by atoms with Crippen LogP contribution < -0.4 is 0 Å². The van der Waals surface area contributed by atoms with Crippen LogP contribution in [-0.2, 0) is 0 Å². The second-order valence-corrected chi connectivity index (χ2v) is 22.3. The van der Waals surface area contributed by atoms with Crippen LogP contribution in [0, 0.1) is 0 Å². The van der Waals surface area contributed by atoms with Crippen LogP contribution in [0.25, 0.3) is 159 Å². The Morgan fingerprint density at radius 1 is 0.268 bits per heavy atom. The minimum Gasteiger partial charge on any atom is -0.309 e. The highest BCUT2D eigenvalue weighted by molar-refractivity contribution is 7.26. The lowest BCUT2D eigenvalue weighted by molar-refractivity contribution is 1.16. The Bertz CT molecular complexity index is 5070. The molecule has 5 heterocycles. The third kappa shape index (κ3) is 7.18. The first kappa shape index (κ1) is 46.3. The molecule has 0 spiro atoms. The van der Waals surface area contributed by atoms with Gasteiger partial charge in [0.05, 0.1) is 50.2 Å². The van der Waals surface area contributed by atoms with E-state index in [0.29, 0.717) is 5.82 Å². The van der Waals surface area contributed by atoms with E-state index >= 15 is 0 Å². The molecule has 6 heteroatoms. The van der Waals surface area contributed by atoms with Crippen molar-refractivity contribution in [1.82, 2.24) is 23.7 Å². The highest BCUT2D eigenvalue weighted by Crippen LogP contribution is 2.49. The molecule has 0 aliphatic carbocycles. The van der Waals surface area contributed by atoms with E-state index < -0.39 is 0 Å². The van der Waals surface area contributed by atoms with Crippen molar-refractivity contribution >= 4 is 96.9 Å². The lowest BCUT2D eigenvalue weighted by Crippen LogP contribution is -2.04. The maximum atomic E-state index is 5.54. The second kappa shape index (κ2) is 18.5. The highest BCUT2D eigenvalue weighted by Gasteiger charge is 2.26. The lowest BCUT2D eigenvalue weighted by atomic mass is 9.91. The van der Waals surface area contributed by atoms with Gasteiger partial charge in [0.25, 0.3) is 0 Å². The molecule has 0 saturated carbocycles. The van der Waals surface area contributed by atoms with E-state index in [4.69, 9.17) is 9.97 Å². The molecule has 5 aromatic heterocycles. The summed E-state index contributed by atoms with van der Waals surface area (Å²) in [5, 5.41) is 9.92. The van der Waals surface area contributed by atoms with Gasteiger partial charge in [-0.1, -0.05) is 200 Å². The van der Waals surface area contributed by atoms with Crippen LogP contribution in [0.15, 0.2) is 285 Å². The van der Waals surface area contributed by atoms with Crippen LogP contribution in [0.1, 0.15) is 0 Å². The van der Waals surface area contributed by atoms with Crippen LogP contribution in [0.2, 0.25) is 0 Å².